The highest BCUT2D eigenvalue weighted by Crippen LogP contribution is 2.08. The molecule has 0 atom stereocenters. The minimum Gasteiger partial charge on any atom is -0.444 e. The Labute approximate surface area is 151 Å². The second kappa shape index (κ2) is 8.75. The first-order chi connectivity index (χ1) is 11.4. The van der Waals surface area contributed by atoms with Gasteiger partial charge >= 0.3 is 12.2 Å². The van der Waals surface area contributed by atoms with Gasteiger partial charge in [0.1, 0.15) is 21.7 Å². The topological polar surface area (TPSA) is 115 Å². The Morgan fingerprint density at radius 2 is 1.60 bits per heavy atom. The Balaban J connectivity index is 2.71. The summed E-state index contributed by atoms with van der Waals surface area (Å²) in [4.78, 5) is 28.0. The van der Waals surface area contributed by atoms with Crippen molar-refractivity contribution >= 4 is 29.5 Å². The molecule has 0 aliphatic heterocycles. The molecule has 1 heterocycles. The Bertz CT molecular complexity index is 570. The van der Waals surface area contributed by atoms with Gasteiger partial charge in [-0.1, -0.05) is 0 Å². The van der Waals surface area contributed by atoms with Crippen LogP contribution in [-0.4, -0.2) is 46.1 Å². The number of hydrogen-bond acceptors (Lipinski definition) is 8. The monoisotopic (exact) mass is 371 g/mol. The average Bonchev–Trinajstić information content (AvgIpc) is 2.86. The number of nitrogens with zero attached hydrogens (tertiary/aromatic N) is 3. The van der Waals surface area contributed by atoms with Crippen molar-refractivity contribution in [3.63, 3.8) is 0 Å². The molecule has 0 fully saturated rings. The molecule has 0 saturated carbocycles. The third-order valence-electron chi connectivity index (χ3n) is 2.24. The minimum absolute atomic E-state index is 0.0481. The van der Waals surface area contributed by atoms with Gasteiger partial charge < -0.3 is 9.47 Å². The van der Waals surface area contributed by atoms with Gasteiger partial charge in [0.15, 0.2) is 0 Å². The van der Waals surface area contributed by atoms with E-state index in [1.54, 1.807) is 47.1 Å². The molecule has 0 radical (unpaired) electrons. The van der Waals surface area contributed by atoms with Crippen LogP contribution in [0.3, 0.4) is 0 Å². The zero-order valence-electron chi connectivity index (χ0n) is 15.4. The van der Waals surface area contributed by atoms with E-state index < -0.39 is 23.4 Å². The van der Waals surface area contributed by atoms with Gasteiger partial charge in [0.05, 0.1) is 0 Å². The smallest absolute Gasteiger partial charge is 0.414 e. The molecule has 1 aromatic heterocycles. The first-order valence-electron chi connectivity index (χ1n) is 7.74. The molecule has 0 unspecified atom stereocenters. The van der Waals surface area contributed by atoms with Crippen molar-refractivity contribution in [3.05, 3.63) is 10.5 Å². The molecule has 1 aromatic rings. The Hall–Kier alpha value is -2.23. The number of hydrogen-bond donors (Lipinski definition) is 2. The first-order valence-corrected chi connectivity index (χ1v) is 8.62. The molecule has 25 heavy (non-hydrogen) atoms. The maximum absolute atomic E-state index is 11.9. The van der Waals surface area contributed by atoms with E-state index >= 15 is 0 Å². The van der Waals surface area contributed by atoms with Crippen LogP contribution >= 0.6 is 11.3 Å². The van der Waals surface area contributed by atoms with Gasteiger partial charge in [0.2, 0.25) is 5.96 Å². The summed E-state index contributed by atoms with van der Waals surface area (Å²) < 4.78 is 10.3. The van der Waals surface area contributed by atoms with Gasteiger partial charge in [-0.25, -0.2) is 9.59 Å². The lowest BCUT2D eigenvalue weighted by Gasteiger charge is -2.22. The molecule has 2 N–H and O–H groups in total. The lowest BCUT2D eigenvalue weighted by molar-refractivity contribution is 0.0545. The second-order valence-electron chi connectivity index (χ2n) is 7.07. The van der Waals surface area contributed by atoms with Gasteiger partial charge in [0.25, 0.3) is 0 Å². The number of ether oxygens (including phenoxy) is 2. The number of aromatic nitrogens is 2. The van der Waals surface area contributed by atoms with Gasteiger partial charge in [-0.15, -0.1) is 21.5 Å². The normalized spacial score (nSPS) is 11.4. The summed E-state index contributed by atoms with van der Waals surface area (Å²) in [7, 11) is 0. The van der Waals surface area contributed by atoms with Gasteiger partial charge in [-0.05, 0) is 41.5 Å². The van der Waals surface area contributed by atoms with Crippen LogP contribution in [0, 0.1) is 0 Å². The molecule has 0 bridgehead atoms. The lowest BCUT2D eigenvalue weighted by atomic mass is 10.2. The van der Waals surface area contributed by atoms with Crippen molar-refractivity contribution in [2.24, 2.45) is 4.99 Å². The summed E-state index contributed by atoms with van der Waals surface area (Å²) >= 11 is 1.40. The molecule has 2 amide bonds. The molecule has 0 saturated heterocycles. The molecular weight excluding hydrogens is 346 g/mol. The van der Waals surface area contributed by atoms with Crippen LogP contribution < -0.4 is 10.6 Å². The van der Waals surface area contributed by atoms with E-state index in [1.165, 1.54) is 11.3 Å². The van der Waals surface area contributed by atoms with Crippen molar-refractivity contribution in [3.8, 4) is 0 Å². The highest BCUT2D eigenvalue weighted by atomic mass is 32.1. The number of guanidine groups is 1. The minimum atomic E-state index is -0.724. The number of carbonyl (C=O) groups excluding carboxylic acids is 2. The number of carbonyl (C=O) groups is 2. The van der Waals surface area contributed by atoms with Gasteiger partial charge in [-0.3, -0.25) is 15.6 Å². The molecule has 140 valence electrons. The van der Waals surface area contributed by atoms with Crippen LogP contribution in [0.1, 0.15) is 46.6 Å². The molecule has 9 nitrogen and oxygen atoms in total. The largest absolute Gasteiger partial charge is 0.444 e. The molecule has 10 heteroatoms. The third-order valence-corrected chi connectivity index (χ3v) is 3.00. The van der Waals surface area contributed by atoms with Crippen LogP contribution in [0.15, 0.2) is 10.5 Å². The second-order valence-corrected chi connectivity index (χ2v) is 7.98. The predicted molar refractivity (Wildman–Crippen MR) is 94.7 cm³/mol. The van der Waals surface area contributed by atoms with Crippen LogP contribution in [0.25, 0.3) is 0 Å². The lowest BCUT2D eigenvalue weighted by Crippen LogP contribution is -2.47. The van der Waals surface area contributed by atoms with Gasteiger partial charge in [0, 0.05) is 13.0 Å². The number of alkyl carbamates (subject to hydrolysis) is 2. The third kappa shape index (κ3) is 10.3. The molecule has 1 rings (SSSR count). The summed E-state index contributed by atoms with van der Waals surface area (Å²) in [6, 6.07) is 0. The van der Waals surface area contributed by atoms with Crippen molar-refractivity contribution in [1.82, 2.24) is 20.8 Å². The zero-order valence-corrected chi connectivity index (χ0v) is 16.2. The predicted octanol–water partition coefficient (Wildman–Crippen LogP) is 2.49. The fourth-order valence-corrected chi connectivity index (χ4v) is 2.00. The molecular formula is C15H25N5O4S. The fraction of sp³-hybridized carbons (Fsp3) is 0.667. The Kier molecular flexibility index (Phi) is 7.28. The van der Waals surface area contributed by atoms with Crippen molar-refractivity contribution < 1.29 is 19.1 Å². The van der Waals surface area contributed by atoms with E-state index in [-0.39, 0.29) is 5.96 Å². The van der Waals surface area contributed by atoms with Crippen molar-refractivity contribution in [2.75, 3.05) is 6.54 Å². The molecule has 0 aromatic carbocycles. The SMILES string of the molecule is CC(C)(C)OC(=O)NC(=NCCc1nncs1)NC(=O)OC(C)(C)C. The molecule has 0 aliphatic rings. The summed E-state index contributed by atoms with van der Waals surface area (Å²) in [5.41, 5.74) is 0.277. The number of nitrogens with one attached hydrogen (secondary N) is 2. The number of aliphatic imine (C=N–C) groups is 1. The summed E-state index contributed by atoms with van der Waals surface area (Å²) in [6.07, 6.45) is -0.920. The highest BCUT2D eigenvalue weighted by molar-refractivity contribution is 7.09. The Morgan fingerprint density at radius 1 is 1.08 bits per heavy atom. The van der Waals surface area contributed by atoms with E-state index in [0.717, 1.165) is 5.01 Å². The van der Waals surface area contributed by atoms with E-state index in [2.05, 4.69) is 25.8 Å². The quantitative estimate of drug-likeness (QED) is 0.623. The summed E-state index contributed by atoms with van der Waals surface area (Å²) in [6.45, 7) is 10.7. The number of amides is 2. The van der Waals surface area contributed by atoms with Gasteiger partial charge in [-0.2, -0.15) is 0 Å². The maximum Gasteiger partial charge on any atom is 0.414 e. The van der Waals surface area contributed by atoms with E-state index in [1.807, 2.05) is 0 Å². The van der Waals surface area contributed by atoms with Crippen LogP contribution in [0.2, 0.25) is 0 Å². The zero-order chi connectivity index (χ0) is 19.1. The molecule has 0 aliphatic carbocycles. The van der Waals surface area contributed by atoms with Crippen LogP contribution in [0.5, 0.6) is 0 Å². The highest BCUT2D eigenvalue weighted by Gasteiger charge is 2.21. The van der Waals surface area contributed by atoms with Crippen molar-refractivity contribution in [2.45, 2.75) is 59.2 Å². The van der Waals surface area contributed by atoms with Crippen LogP contribution in [0.4, 0.5) is 9.59 Å². The summed E-state index contributed by atoms with van der Waals surface area (Å²) in [5.74, 6) is -0.0481. The van der Waals surface area contributed by atoms with E-state index in [4.69, 9.17) is 9.47 Å². The maximum atomic E-state index is 11.9. The average molecular weight is 371 g/mol. The van der Waals surface area contributed by atoms with E-state index in [9.17, 15) is 9.59 Å². The van der Waals surface area contributed by atoms with Crippen molar-refractivity contribution in [1.29, 1.82) is 0 Å². The molecule has 0 spiro atoms. The number of rotatable bonds is 3. The first kappa shape index (κ1) is 20.8. The summed E-state index contributed by atoms with van der Waals surface area (Å²) in [5, 5.41) is 13.3. The van der Waals surface area contributed by atoms with Crippen LogP contribution in [-0.2, 0) is 15.9 Å². The Morgan fingerprint density at radius 3 is 2.00 bits per heavy atom. The standard InChI is InChI=1S/C15H25N5O4S/c1-14(2,3)23-12(21)18-11(19-13(22)24-15(4,5)6)16-8-7-10-20-17-9-25-10/h9H,7-8H2,1-6H3,(H2,16,18,19,21,22). The van der Waals surface area contributed by atoms with E-state index in [0.29, 0.717) is 13.0 Å². The fourth-order valence-electron chi connectivity index (χ4n) is 1.48.